The Bertz CT molecular complexity index is 1960. The van der Waals surface area contributed by atoms with Crippen molar-refractivity contribution >= 4 is 38.6 Å². The molecule has 1 heterocycles. The fourth-order valence-corrected chi connectivity index (χ4v) is 6.41. The van der Waals surface area contributed by atoms with E-state index in [-0.39, 0.29) is 17.9 Å². The minimum atomic E-state index is -4.15. The number of nitrogens with zero attached hydrogens (tertiary/aromatic N) is 1. The number of amides is 1. The maximum Gasteiger partial charge on any atom is 0.266 e. The number of benzene rings is 4. The highest BCUT2D eigenvalue weighted by Crippen LogP contribution is 2.35. The highest BCUT2D eigenvalue weighted by molar-refractivity contribution is 14.1. The molecule has 0 saturated carbocycles. The van der Waals surface area contributed by atoms with Crippen LogP contribution in [0.1, 0.15) is 59.4 Å². The van der Waals surface area contributed by atoms with Crippen LogP contribution < -0.4 is 10.1 Å². The number of rotatable bonds is 11. The SMILES string of the molecule is COc1ccc(-c2cccc(-c3cc(C(Cc4ccc(C(=O)NCCS(=O)(=O)O)cc4)c4ccc(C(C)(C)C)cc4)no3)c2)cc1I. The Hall–Kier alpha value is -4.00. The zero-order valence-electron chi connectivity index (χ0n) is 26.7. The lowest BCUT2D eigenvalue weighted by Gasteiger charge is -2.21. The van der Waals surface area contributed by atoms with Gasteiger partial charge in [0.2, 0.25) is 0 Å². The first-order chi connectivity index (χ1) is 22.3. The van der Waals surface area contributed by atoms with Crippen molar-refractivity contribution in [2.75, 3.05) is 19.4 Å². The van der Waals surface area contributed by atoms with Gasteiger partial charge in [-0.25, -0.2) is 0 Å². The van der Waals surface area contributed by atoms with Crippen LogP contribution >= 0.6 is 22.6 Å². The van der Waals surface area contributed by atoms with Gasteiger partial charge in [0.15, 0.2) is 5.76 Å². The molecule has 5 aromatic rings. The van der Waals surface area contributed by atoms with E-state index in [4.69, 9.17) is 13.8 Å². The van der Waals surface area contributed by atoms with E-state index in [1.807, 2.05) is 42.5 Å². The predicted molar refractivity (Wildman–Crippen MR) is 193 cm³/mol. The largest absolute Gasteiger partial charge is 0.496 e. The van der Waals surface area contributed by atoms with Crippen molar-refractivity contribution in [3.63, 3.8) is 0 Å². The van der Waals surface area contributed by atoms with Crippen LogP contribution in [-0.2, 0) is 22.0 Å². The lowest BCUT2D eigenvalue weighted by atomic mass is 9.83. The summed E-state index contributed by atoms with van der Waals surface area (Å²) >= 11 is 2.28. The molecule has 0 saturated heterocycles. The third kappa shape index (κ3) is 8.88. The van der Waals surface area contributed by atoms with Gasteiger partial charge in [0.1, 0.15) is 5.75 Å². The van der Waals surface area contributed by atoms with Gasteiger partial charge in [0.05, 0.1) is 22.1 Å². The molecule has 4 aromatic carbocycles. The molecule has 8 nitrogen and oxygen atoms in total. The summed E-state index contributed by atoms with van der Waals surface area (Å²) in [6.07, 6.45) is 0.607. The first-order valence-corrected chi connectivity index (χ1v) is 17.8. The normalized spacial score (nSPS) is 12.5. The Morgan fingerprint density at radius 2 is 1.62 bits per heavy atom. The molecular weight excluding hydrogens is 727 g/mol. The van der Waals surface area contributed by atoms with E-state index in [9.17, 15) is 13.2 Å². The third-order valence-corrected chi connectivity index (χ3v) is 9.56. The first kappa shape index (κ1) is 34.3. The number of halogens is 1. The highest BCUT2D eigenvalue weighted by atomic mass is 127. The molecule has 1 amide bonds. The Morgan fingerprint density at radius 3 is 2.26 bits per heavy atom. The van der Waals surface area contributed by atoms with Crippen molar-refractivity contribution in [1.82, 2.24) is 10.5 Å². The van der Waals surface area contributed by atoms with Gasteiger partial charge < -0.3 is 14.6 Å². The summed E-state index contributed by atoms with van der Waals surface area (Å²) in [6, 6.07) is 32.0. The molecule has 0 bridgehead atoms. The summed E-state index contributed by atoms with van der Waals surface area (Å²) in [4.78, 5) is 12.5. The molecule has 10 heteroatoms. The molecule has 0 radical (unpaired) electrons. The standard InChI is InChI=1S/C37H37IN2O6S/c1-37(2,3)30-15-12-25(13-16-30)31(20-24-8-10-26(11-9-24)36(41)39-18-19-47(42,43)44)33-23-35(46-40-33)29-7-5-6-27(21-29)28-14-17-34(45-4)32(38)22-28/h5-17,21-23,31H,18-20H2,1-4H3,(H,39,41)(H,42,43,44). The molecule has 0 aliphatic carbocycles. The van der Waals surface area contributed by atoms with E-state index >= 15 is 0 Å². The summed E-state index contributed by atoms with van der Waals surface area (Å²) in [5, 5.41) is 7.07. The number of hydrogen-bond acceptors (Lipinski definition) is 6. The van der Waals surface area contributed by atoms with E-state index in [1.165, 1.54) is 5.56 Å². The molecular formula is C37H37IN2O6S. The van der Waals surface area contributed by atoms with Crippen molar-refractivity contribution in [2.24, 2.45) is 0 Å². The molecule has 1 unspecified atom stereocenters. The number of aromatic nitrogens is 1. The van der Waals surface area contributed by atoms with Gasteiger partial charge in [-0.3, -0.25) is 9.35 Å². The van der Waals surface area contributed by atoms with Gasteiger partial charge in [-0.1, -0.05) is 86.6 Å². The third-order valence-electron chi connectivity index (χ3n) is 8.00. The highest BCUT2D eigenvalue weighted by Gasteiger charge is 2.22. The second kappa shape index (κ2) is 14.4. The zero-order valence-corrected chi connectivity index (χ0v) is 29.6. The van der Waals surface area contributed by atoms with Crippen molar-refractivity contribution < 1.29 is 27.0 Å². The molecule has 2 N–H and O–H groups in total. The van der Waals surface area contributed by atoms with Crippen LogP contribution in [0.2, 0.25) is 0 Å². The summed E-state index contributed by atoms with van der Waals surface area (Å²) in [7, 11) is -2.49. The number of hydrogen-bond donors (Lipinski definition) is 2. The van der Waals surface area contributed by atoms with Crippen molar-refractivity contribution in [3.05, 3.63) is 129 Å². The zero-order chi connectivity index (χ0) is 33.8. The molecule has 1 atom stereocenters. The maximum absolute atomic E-state index is 12.5. The lowest BCUT2D eigenvalue weighted by molar-refractivity contribution is 0.0956. The number of carbonyl (C=O) groups is 1. The maximum atomic E-state index is 12.5. The average molecular weight is 765 g/mol. The van der Waals surface area contributed by atoms with Crippen LogP contribution in [0.5, 0.6) is 5.75 Å². The number of carbonyl (C=O) groups excluding carboxylic acids is 1. The van der Waals surface area contributed by atoms with Crippen LogP contribution in [-0.4, -0.2) is 43.4 Å². The smallest absolute Gasteiger partial charge is 0.266 e. The van der Waals surface area contributed by atoms with Crippen molar-refractivity contribution in [2.45, 2.75) is 38.5 Å². The van der Waals surface area contributed by atoms with Crippen molar-refractivity contribution in [3.8, 4) is 28.2 Å². The van der Waals surface area contributed by atoms with Crippen LogP contribution in [0.15, 0.2) is 102 Å². The molecule has 244 valence electrons. The van der Waals surface area contributed by atoms with Crippen LogP contribution in [0.3, 0.4) is 0 Å². The Morgan fingerprint density at radius 1 is 0.936 bits per heavy atom. The first-order valence-electron chi connectivity index (χ1n) is 15.1. The van der Waals surface area contributed by atoms with Crippen LogP contribution in [0.25, 0.3) is 22.5 Å². The molecule has 0 spiro atoms. The monoisotopic (exact) mass is 764 g/mol. The van der Waals surface area contributed by atoms with Gasteiger partial charge in [0.25, 0.3) is 16.0 Å². The lowest BCUT2D eigenvalue weighted by Crippen LogP contribution is -2.28. The fraction of sp³-hybridized carbons (Fsp3) is 0.243. The summed E-state index contributed by atoms with van der Waals surface area (Å²) in [6.45, 7) is 6.38. The van der Waals surface area contributed by atoms with E-state index in [2.05, 4.69) is 96.3 Å². The Balaban J connectivity index is 1.42. The quantitative estimate of drug-likeness (QED) is 0.104. The van der Waals surface area contributed by atoms with Crippen LogP contribution in [0, 0.1) is 3.57 Å². The minimum absolute atomic E-state index is 0.0137. The molecule has 0 aliphatic heterocycles. The van der Waals surface area contributed by atoms with E-state index in [0.29, 0.717) is 17.7 Å². The number of nitrogens with one attached hydrogen (secondary N) is 1. The topological polar surface area (TPSA) is 119 Å². The van der Waals surface area contributed by atoms with E-state index < -0.39 is 21.8 Å². The molecule has 0 aliphatic rings. The molecule has 0 fully saturated rings. The average Bonchev–Trinajstić information content (AvgIpc) is 3.53. The van der Waals surface area contributed by atoms with Gasteiger partial charge >= 0.3 is 0 Å². The number of ether oxygens (including phenoxy) is 1. The summed E-state index contributed by atoms with van der Waals surface area (Å²) in [5.74, 6) is 0.417. The van der Waals surface area contributed by atoms with Gasteiger partial charge in [-0.05, 0) is 92.6 Å². The molecule has 1 aromatic heterocycles. The number of methoxy groups -OCH3 is 1. The van der Waals surface area contributed by atoms with E-state index in [1.54, 1.807) is 19.2 Å². The second-order valence-corrected chi connectivity index (χ2v) is 15.1. The Kier molecular flexibility index (Phi) is 10.5. The molecule has 47 heavy (non-hydrogen) atoms. The second-order valence-electron chi connectivity index (χ2n) is 12.4. The van der Waals surface area contributed by atoms with Gasteiger partial charge in [0, 0.05) is 29.7 Å². The van der Waals surface area contributed by atoms with Crippen molar-refractivity contribution in [1.29, 1.82) is 0 Å². The van der Waals surface area contributed by atoms with E-state index in [0.717, 1.165) is 42.8 Å². The summed E-state index contributed by atoms with van der Waals surface area (Å²) in [5.41, 5.74) is 7.55. The Labute approximate surface area is 289 Å². The minimum Gasteiger partial charge on any atom is -0.496 e. The predicted octanol–water partition coefficient (Wildman–Crippen LogP) is 7.91. The van der Waals surface area contributed by atoms with Crippen LogP contribution in [0.4, 0.5) is 0 Å². The summed E-state index contributed by atoms with van der Waals surface area (Å²) < 4.78 is 43.3. The molecule has 5 rings (SSSR count). The fourth-order valence-electron chi connectivity index (χ4n) is 5.32. The van der Waals surface area contributed by atoms with Gasteiger partial charge in [-0.15, -0.1) is 0 Å². The van der Waals surface area contributed by atoms with Gasteiger partial charge in [-0.2, -0.15) is 8.42 Å².